The van der Waals surface area contributed by atoms with Crippen molar-refractivity contribution in [3.63, 3.8) is 0 Å². The highest BCUT2D eigenvalue weighted by Gasteiger charge is 2.59. The van der Waals surface area contributed by atoms with E-state index in [0.29, 0.717) is 16.9 Å². The van der Waals surface area contributed by atoms with Crippen molar-refractivity contribution in [3.8, 4) is 5.75 Å². The zero-order valence-corrected chi connectivity index (χ0v) is 16.2. The predicted molar refractivity (Wildman–Crippen MR) is 102 cm³/mol. The van der Waals surface area contributed by atoms with Gasteiger partial charge in [0.15, 0.2) is 0 Å². The number of hydrogen-bond acceptors (Lipinski definition) is 6. The predicted octanol–water partition coefficient (Wildman–Crippen LogP) is 1.68. The van der Waals surface area contributed by atoms with Crippen LogP contribution in [0.25, 0.3) is 11.0 Å². The van der Waals surface area contributed by atoms with Gasteiger partial charge in [0.2, 0.25) is 5.91 Å². The first-order valence-electron chi connectivity index (χ1n) is 9.35. The van der Waals surface area contributed by atoms with Crippen LogP contribution in [0, 0.1) is 18.8 Å². The third-order valence-corrected chi connectivity index (χ3v) is 5.84. The summed E-state index contributed by atoms with van der Waals surface area (Å²) < 4.78 is 11.0. The third-order valence-electron chi connectivity index (χ3n) is 5.84. The molecule has 0 aliphatic carbocycles. The van der Waals surface area contributed by atoms with E-state index in [4.69, 9.17) is 9.15 Å². The fourth-order valence-electron chi connectivity index (χ4n) is 4.39. The summed E-state index contributed by atoms with van der Waals surface area (Å²) in [5.41, 5.74) is 1.12. The number of rotatable bonds is 5. The Kier molecular flexibility index (Phi) is 4.46. The highest BCUT2D eigenvalue weighted by Crippen LogP contribution is 2.47. The van der Waals surface area contributed by atoms with Gasteiger partial charge < -0.3 is 24.3 Å². The lowest BCUT2D eigenvalue weighted by Crippen LogP contribution is -2.63. The highest BCUT2D eigenvalue weighted by molar-refractivity contribution is 6.00. The molecule has 2 N–H and O–H groups in total. The van der Waals surface area contributed by atoms with E-state index in [9.17, 15) is 24.6 Å². The summed E-state index contributed by atoms with van der Waals surface area (Å²) in [4.78, 5) is 37.0. The summed E-state index contributed by atoms with van der Waals surface area (Å²) in [5.74, 6) is -2.04. The van der Waals surface area contributed by atoms with Crippen LogP contribution in [0.15, 0.2) is 44.7 Å². The van der Waals surface area contributed by atoms with Crippen molar-refractivity contribution in [2.45, 2.75) is 32.9 Å². The molecule has 1 amide bonds. The molecule has 3 heterocycles. The Labute approximate surface area is 166 Å². The first kappa shape index (κ1) is 19.2. The van der Waals surface area contributed by atoms with Gasteiger partial charge in [0.25, 0.3) is 0 Å². The molecule has 0 unspecified atom stereocenters. The number of ether oxygens (including phenoxy) is 1. The first-order chi connectivity index (χ1) is 13.7. The molecular formula is C21H21NO7. The van der Waals surface area contributed by atoms with E-state index >= 15 is 0 Å². The van der Waals surface area contributed by atoms with Crippen molar-refractivity contribution in [2.75, 3.05) is 6.61 Å². The summed E-state index contributed by atoms with van der Waals surface area (Å²) in [6.45, 7) is 5.14. The van der Waals surface area contributed by atoms with Crippen molar-refractivity contribution in [3.05, 3.63) is 51.5 Å². The highest BCUT2D eigenvalue weighted by atomic mass is 16.5. The van der Waals surface area contributed by atoms with E-state index < -0.39 is 23.6 Å². The average Bonchev–Trinajstić information content (AvgIpc) is 2.88. The summed E-state index contributed by atoms with van der Waals surface area (Å²) in [6, 6.07) is 6.10. The summed E-state index contributed by atoms with van der Waals surface area (Å²) in [6.07, 6.45) is -0.854. The molecule has 8 nitrogen and oxygen atoms in total. The van der Waals surface area contributed by atoms with Gasteiger partial charge in [-0.05, 0) is 31.5 Å². The molecule has 152 valence electrons. The summed E-state index contributed by atoms with van der Waals surface area (Å²) >= 11 is 0. The number of carboxylic acids is 1. The molecule has 2 aliphatic heterocycles. The number of aryl methyl sites for hydroxylation is 1. The van der Waals surface area contributed by atoms with E-state index in [1.165, 1.54) is 17.9 Å². The first-order valence-corrected chi connectivity index (χ1v) is 9.35. The van der Waals surface area contributed by atoms with Crippen LogP contribution in [0.5, 0.6) is 5.75 Å². The molecule has 2 aliphatic rings. The van der Waals surface area contributed by atoms with Gasteiger partial charge in [-0.3, -0.25) is 4.79 Å². The zero-order chi connectivity index (χ0) is 21.0. The smallest absolute Gasteiger partial charge is 0.352 e. The normalized spacial score (nSPS) is 24.5. The summed E-state index contributed by atoms with van der Waals surface area (Å²) in [5, 5.41) is 20.3. The fourth-order valence-corrected chi connectivity index (χ4v) is 4.39. The van der Waals surface area contributed by atoms with Crippen LogP contribution in [0.4, 0.5) is 0 Å². The Hall–Kier alpha value is -3.13. The lowest BCUT2D eigenvalue weighted by Gasteiger charge is -2.46. The number of amides is 1. The van der Waals surface area contributed by atoms with E-state index in [-0.39, 0.29) is 30.2 Å². The van der Waals surface area contributed by atoms with Crippen molar-refractivity contribution in [2.24, 2.45) is 11.8 Å². The minimum Gasteiger partial charge on any atom is -0.489 e. The van der Waals surface area contributed by atoms with Gasteiger partial charge in [-0.1, -0.05) is 6.92 Å². The second-order valence-electron chi connectivity index (χ2n) is 7.63. The van der Waals surface area contributed by atoms with Gasteiger partial charge in [0.05, 0.1) is 18.1 Å². The Balaban J connectivity index is 1.62. The summed E-state index contributed by atoms with van der Waals surface area (Å²) in [7, 11) is 0. The molecule has 8 heteroatoms. The largest absolute Gasteiger partial charge is 0.489 e. The lowest BCUT2D eigenvalue weighted by molar-refractivity contribution is -0.163. The number of β-lactam (4-membered cyclic amide) rings is 1. The monoisotopic (exact) mass is 399 g/mol. The van der Waals surface area contributed by atoms with Gasteiger partial charge in [-0.15, -0.1) is 0 Å². The minimum absolute atomic E-state index is 0.0306. The molecular weight excluding hydrogens is 378 g/mol. The number of aliphatic carboxylic acids is 1. The maximum absolute atomic E-state index is 12.4. The van der Waals surface area contributed by atoms with Gasteiger partial charge in [-0.25, -0.2) is 9.59 Å². The Morgan fingerprint density at radius 1 is 1.31 bits per heavy atom. The maximum atomic E-state index is 12.4. The standard InChI is InChI=1S/C21H21NO7/c1-9-6-16(24)29-15-7-12(4-5-13(9)15)28-8-14-10(2)18-17(11(3)23)20(25)22(18)19(14)21(26)27/h4-7,10-11,17-18,23H,8H2,1-3H3,(H,26,27)/t10-,11+,17+,18+/m0/s1. The number of aliphatic hydroxyl groups excluding tert-OH is 1. The number of carbonyl (C=O) groups is 2. The van der Waals surface area contributed by atoms with E-state index in [1.807, 2.05) is 13.8 Å². The molecule has 0 spiro atoms. The van der Waals surface area contributed by atoms with Crippen molar-refractivity contribution >= 4 is 22.8 Å². The average molecular weight is 399 g/mol. The molecule has 4 rings (SSSR count). The number of nitrogens with zero attached hydrogens (tertiary/aromatic N) is 1. The van der Waals surface area contributed by atoms with Crippen LogP contribution < -0.4 is 10.4 Å². The number of carboxylic acid groups (broad SMARTS) is 1. The molecule has 4 atom stereocenters. The van der Waals surface area contributed by atoms with Crippen LogP contribution in [0.2, 0.25) is 0 Å². The second kappa shape index (κ2) is 6.73. The molecule has 0 saturated carbocycles. The number of fused-ring (bicyclic) bond motifs is 2. The van der Waals surface area contributed by atoms with Gasteiger partial charge in [0.1, 0.15) is 23.6 Å². The molecule has 0 radical (unpaired) electrons. The third kappa shape index (κ3) is 2.91. The molecule has 1 aromatic carbocycles. The second-order valence-corrected chi connectivity index (χ2v) is 7.63. The lowest BCUT2D eigenvalue weighted by atomic mass is 9.78. The fraction of sp³-hybridized carbons (Fsp3) is 0.381. The number of aliphatic hydroxyl groups is 1. The number of hydrogen-bond donors (Lipinski definition) is 2. The van der Waals surface area contributed by atoms with Crippen LogP contribution in [-0.2, 0) is 9.59 Å². The van der Waals surface area contributed by atoms with Crippen LogP contribution >= 0.6 is 0 Å². The minimum atomic E-state index is -1.20. The van der Waals surface area contributed by atoms with Gasteiger partial charge in [-0.2, -0.15) is 0 Å². The maximum Gasteiger partial charge on any atom is 0.352 e. The van der Waals surface area contributed by atoms with E-state index in [0.717, 1.165) is 10.9 Å². The van der Waals surface area contributed by atoms with Crippen molar-refractivity contribution in [1.82, 2.24) is 4.90 Å². The van der Waals surface area contributed by atoms with E-state index in [2.05, 4.69) is 0 Å². The van der Waals surface area contributed by atoms with Crippen LogP contribution in [0.1, 0.15) is 19.4 Å². The molecule has 1 fully saturated rings. The Morgan fingerprint density at radius 3 is 2.69 bits per heavy atom. The van der Waals surface area contributed by atoms with Crippen molar-refractivity contribution < 1.29 is 29.0 Å². The Bertz CT molecular complexity index is 1110. The topological polar surface area (TPSA) is 117 Å². The van der Waals surface area contributed by atoms with Gasteiger partial charge >= 0.3 is 11.6 Å². The molecule has 1 saturated heterocycles. The van der Waals surface area contributed by atoms with Crippen molar-refractivity contribution in [1.29, 1.82) is 0 Å². The Morgan fingerprint density at radius 2 is 2.03 bits per heavy atom. The van der Waals surface area contributed by atoms with Crippen LogP contribution in [0.3, 0.4) is 0 Å². The molecule has 1 aromatic heterocycles. The SMILES string of the molecule is Cc1cc(=O)oc2cc(OCC3=C(C(=O)O)N4C(=O)[C@H]([C@@H](C)O)[C@H]4[C@H]3C)ccc12. The van der Waals surface area contributed by atoms with E-state index in [1.54, 1.807) is 18.2 Å². The quantitative estimate of drug-likeness (QED) is 0.580. The van der Waals surface area contributed by atoms with Crippen LogP contribution in [-0.4, -0.2) is 45.7 Å². The molecule has 0 bridgehead atoms. The molecule has 29 heavy (non-hydrogen) atoms. The zero-order valence-electron chi connectivity index (χ0n) is 16.2. The number of benzene rings is 1. The van der Waals surface area contributed by atoms with Gasteiger partial charge in [0, 0.05) is 29.0 Å². The number of carbonyl (C=O) groups excluding carboxylic acids is 1. The molecule has 2 aromatic rings.